The van der Waals surface area contributed by atoms with Crippen LogP contribution in [0.15, 0.2) is 33.2 Å². The van der Waals surface area contributed by atoms with Gasteiger partial charge in [0, 0.05) is 18.4 Å². The molecule has 150 valence electrons. The third-order valence-corrected chi connectivity index (χ3v) is 5.12. The van der Waals surface area contributed by atoms with Crippen molar-refractivity contribution in [2.75, 3.05) is 5.32 Å². The monoisotopic (exact) mass is 515 g/mol. The van der Waals surface area contributed by atoms with E-state index in [4.69, 9.17) is 9.84 Å². The summed E-state index contributed by atoms with van der Waals surface area (Å²) < 4.78 is 21.8. The van der Waals surface area contributed by atoms with E-state index in [-0.39, 0.29) is 31.0 Å². The number of halogens is 3. The maximum Gasteiger partial charge on any atom is 0.303 e. The molecule has 1 amide bonds. The number of hydrogen-bond donors (Lipinski definition) is 2. The van der Waals surface area contributed by atoms with Crippen LogP contribution in [0.4, 0.5) is 10.1 Å². The van der Waals surface area contributed by atoms with Gasteiger partial charge in [-0.2, -0.15) is 0 Å². The zero-order valence-electron chi connectivity index (χ0n) is 15.4. The summed E-state index contributed by atoms with van der Waals surface area (Å²) in [5.74, 6) is -1.18. The van der Waals surface area contributed by atoms with E-state index in [0.29, 0.717) is 26.7 Å². The van der Waals surface area contributed by atoms with Crippen molar-refractivity contribution in [3.8, 4) is 5.75 Å². The van der Waals surface area contributed by atoms with E-state index >= 15 is 0 Å². The predicted molar refractivity (Wildman–Crippen MR) is 112 cm³/mol. The Morgan fingerprint density at radius 3 is 2.39 bits per heavy atom. The summed E-state index contributed by atoms with van der Waals surface area (Å²) in [6.07, 6.45) is 0.674. The molecule has 0 radical (unpaired) electrons. The van der Waals surface area contributed by atoms with E-state index < -0.39 is 11.8 Å². The summed E-state index contributed by atoms with van der Waals surface area (Å²) in [6.45, 7) is 3.48. The number of carboxylic acids is 1. The van der Waals surface area contributed by atoms with Gasteiger partial charge in [-0.1, -0.05) is 6.92 Å². The van der Waals surface area contributed by atoms with Gasteiger partial charge in [-0.05, 0) is 80.6 Å². The number of nitrogens with one attached hydrogen (secondary N) is 1. The number of anilines is 1. The number of carbonyl (C=O) groups excluding carboxylic acids is 1. The number of carboxylic acid groups (broad SMARTS) is 1. The highest BCUT2D eigenvalue weighted by Crippen LogP contribution is 2.36. The predicted octanol–water partition coefficient (Wildman–Crippen LogP) is 5.60. The van der Waals surface area contributed by atoms with Crippen LogP contribution in [0.25, 0.3) is 0 Å². The highest BCUT2D eigenvalue weighted by Gasteiger charge is 2.15. The van der Waals surface area contributed by atoms with Crippen molar-refractivity contribution >= 4 is 49.4 Å². The van der Waals surface area contributed by atoms with Crippen LogP contribution in [0.1, 0.15) is 36.5 Å². The van der Waals surface area contributed by atoms with Crippen LogP contribution in [0, 0.1) is 12.7 Å². The van der Waals surface area contributed by atoms with Gasteiger partial charge >= 0.3 is 5.97 Å². The molecule has 0 aliphatic carbocycles. The lowest BCUT2D eigenvalue weighted by Crippen LogP contribution is -2.12. The van der Waals surface area contributed by atoms with Crippen molar-refractivity contribution in [3.05, 3.63) is 55.7 Å². The third kappa shape index (κ3) is 6.04. The molecule has 0 aliphatic rings. The highest BCUT2D eigenvalue weighted by atomic mass is 79.9. The second-order valence-corrected chi connectivity index (χ2v) is 7.97. The van der Waals surface area contributed by atoms with Crippen molar-refractivity contribution in [1.82, 2.24) is 0 Å². The zero-order valence-corrected chi connectivity index (χ0v) is 18.6. The van der Waals surface area contributed by atoms with Gasteiger partial charge in [0.25, 0.3) is 0 Å². The largest absolute Gasteiger partial charge is 0.486 e. The second-order valence-electron chi connectivity index (χ2n) is 6.26. The van der Waals surface area contributed by atoms with Crippen molar-refractivity contribution in [3.63, 3.8) is 0 Å². The Kier molecular flexibility index (Phi) is 8.00. The number of aliphatic carboxylic acids is 1. The lowest BCUT2D eigenvalue weighted by atomic mass is 10.1. The average molecular weight is 517 g/mol. The summed E-state index contributed by atoms with van der Waals surface area (Å²) in [4.78, 5) is 22.3. The molecule has 0 unspecified atom stereocenters. The van der Waals surface area contributed by atoms with Crippen molar-refractivity contribution < 1.29 is 23.8 Å². The molecule has 2 aromatic carbocycles. The SMILES string of the molecule is CCC(=O)Nc1cc(C)cc(COc2c(Br)cc(CCC(=O)O)cc2Br)c1F. The van der Waals surface area contributed by atoms with Crippen LogP contribution < -0.4 is 10.1 Å². The maximum atomic E-state index is 14.7. The summed E-state index contributed by atoms with van der Waals surface area (Å²) in [7, 11) is 0. The molecule has 0 bridgehead atoms. The van der Waals surface area contributed by atoms with Gasteiger partial charge in [-0.15, -0.1) is 0 Å². The van der Waals surface area contributed by atoms with Gasteiger partial charge in [-0.3, -0.25) is 9.59 Å². The average Bonchev–Trinajstić information content (AvgIpc) is 2.62. The summed E-state index contributed by atoms with van der Waals surface area (Å²) in [5.41, 5.74) is 2.08. The third-order valence-electron chi connectivity index (χ3n) is 3.95. The molecule has 0 atom stereocenters. The summed E-state index contributed by atoms with van der Waals surface area (Å²) >= 11 is 6.83. The Morgan fingerprint density at radius 2 is 1.82 bits per heavy atom. The number of benzene rings is 2. The minimum atomic E-state index is -0.867. The van der Waals surface area contributed by atoms with E-state index in [1.807, 2.05) is 6.92 Å². The van der Waals surface area contributed by atoms with E-state index in [2.05, 4.69) is 37.2 Å². The first-order valence-corrected chi connectivity index (χ1v) is 10.2. The van der Waals surface area contributed by atoms with Gasteiger partial charge < -0.3 is 15.2 Å². The lowest BCUT2D eigenvalue weighted by Gasteiger charge is -2.15. The Morgan fingerprint density at radius 1 is 1.18 bits per heavy atom. The first-order valence-electron chi connectivity index (χ1n) is 8.62. The number of rotatable bonds is 8. The van der Waals surface area contributed by atoms with Gasteiger partial charge in [-0.25, -0.2) is 4.39 Å². The van der Waals surface area contributed by atoms with Crippen LogP contribution in [-0.4, -0.2) is 17.0 Å². The maximum absolute atomic E-state index is 14.7. The van der Waals surface area contributed by atoms with E-state index in [0.717, 1.165) is 11.1 Å². The molecule has 0 fully saturated rings. The number of aryl methyl sites for hydroxylation is 2. The number of hydrogen-bond acceptors (Lipinski definition) is 3. The molecular formula is C20H20Br2FNO4. The Balaban J connectivity index is 2.19. The number of ether oxygens (including phenoxy) is 1. The molecule has 8 heteroatoms. The van der Waals surface area contributed by atoms with Crippen LogP contribution in [0.2, 0.25) is 0 Å². The minimum Gasteiger partial charge on any atom is -0.486 e. The van der Waals surface area contributed by atoms with Crippen LogP contribution in [-0.2, 0) is 22.6 Å². The van der Waals surface area contributed by atoms with Gasteiger partial charge in [0.1, 0.15) is 12.4 Å². The zero-order chi connectivity index (χ0) is 20.8. The smallest absolute Gasteiger partial charge is 0.303 e. The van der Waals surface area contributed by atoms with Crippen LogP contribution in [0.5, 0.6) is 5.75 Å². The number of amides is 1. The molecule has 0 saturated heterocycles. The van der Waals surface area contributed by atoms with Crippen molar-refractivity contribution in [2.24, 2.45) is 0 Å². The first-order chi connectivity index (χ1) is 13.2. The minimum absolute atomic E-state index is 0.0276. The fraction of sp³-hybridized carbons (Fsp3) is 0.300. The summed E-state index contributed by atoms with van der Waals surface area (Å²) in [6, 6.07) is 6.81. The molecule has 28 heavy (non-hydrogen) atoms. The first kappa shape index (κ1) is 22.4. The molecule has 2 N–H and O–H groups in total. The standard InChI is InChI=1S/C20H20Br2FNO4/c1-3-17(25)24-16-7-11(2)6-13(19(16)23)10-28-20-14(21)8-12(9-15(20)22)4-5-18(26)27/h6-9H,3-5,10H2,1-2H3,(H,24,25)(H,26,27). The van der Waals surface area contributed by atoms with Gasteiger partial charge in [0.15, 0.2) is 5.82 Å². The molecule has 5 nitrogen and oxygen atoms in total. The Hall–Kier alpha value is -1.93. The van der Waals surface area contributed by atoms with E-state index in [1.165, 1.54) is 0 Å². The highest BCUT2D eigenvalue weighted by molar-refractivity contribution is 9.11. The van der Waals surface area contributed by atoms with Crippen LogP contribution >= 0.6 is 31.9 Å². The topological polar surface area (TPSA) is 75.6 Å². The normalized spacial score (nSPS) is 10.6. The number of carbonyl (C=O) groups is 2. The quantitative estimate of drug-likeness (QED) is 0.478. The molecule has 2 aromatic rings. The Labute approximate surface area is 179 Å². The molecule has 0 saturated carbocycles. The lowest BCUT2D eigenvalue weighted by molar-refractivity contribution is -0.137. The molecule has 0 aliphatic heterocycles. The molecule has 0 spiro atoms. The van der Waals surface area contributed by atoms with E-state index in [9.17, 15) is 14.0 Å². The fourth-order valence-corrected chi connectivity index (χ4v) is 4.08. The van der Waals surface area contributed by atoms with Crippen molar-refractivity contribution in [1.29, 1.82) is 0 Å². The van der Waals surface area contributed by atoms with Gasteiger partial charge in [0.2, 0.25) is 5.91 Å². The summed E-state index contributed by atoms with van der Waals surface area (Å²) in [5, 5.41) is 11.4. The molecule has 0 aromatic heterocycles. The molecular weight excluding hydrogens is 497 g/mol. The Bertz CT molecular complexity index is 879. The van der Waals surface area contributed by atoms with E-state index in [1.54, 1.807) is 31.2 Å². The molecule has 2 rings (SSSR count). The van der Waals surface area contributed by atoms with Crippen molar-refractivity contribution in [2.45, 2.75) is 39.7 Å². The van der Waals surface area contributed by atoms with Gasteiger partial charge in [0.05, 0.1) is 14.6 Å². The second kappa shape index (κ2) is 10.0. The molecule has 0 heterocycles. The van der Waals surface area contributed by atoms with Crippen LogP contribution in [0.3, 0.4) is 0 Å². The fourth-order valence-electron chi connectivity index (χ4n) is 2.57.